The molecule has 1 aliphatic rings. The molecule has 1 amide bonds. The molecule has 1 aromatic heterocycles. The summed E-state index contributed by atoms with van der Waals surface area (Å²) in [5, 5.41) is 14.1. The lowest BCUT2D eigenvalue weighted by Crippen LogP contribution is -2.44. The fraction of sp³-hybridized carbons (Fsp3) is 0.474. The molecule has 1 unspecified atom stereocenters. The van der Waals surface area contributed by atoms with Crippen molar-refractivity contribution in [3.05, 3.63) is 42.2 Å². The first kappa shape index (κ1) is 18.4. The Morgan fingerprint density at radius 1 is 1.46 bits per heavy atom. The van der Waals surface area contributed by atoms with Crippen molar-refractivity contribution in [2.45, 2.75) is 25.5 Å². The maximum atomic E-state index is 12.4. The van der Waals surface area contributed by atoms with Crippen LogP contribution in [0, 0.1) is 0 Å². The Labute approximate surface area is 153 Å². The molecule has 1 atom stereocenters. The number of rotatable bonds is 6. The highest BCUT2D eigenvalue weighted by atomic mass is 16.5. The quantitative estimate of drug-likeness (QED) is 0.843. The fourth-order valence-electron chi connectivity index (χ4n) is 3.18. The van der Waals surface area contributed by atoms with E-state index in [1.807, 2.05) is 35.4 Å². The van der Waals surface area contributed by atoms with Gasteiger partial charge in [0.15, 0.2) is 0 Å². The number of aromatic nitrogens is 2. The van der Waals surface area contributed by atoms with E-state index in [4.69, 9.17) is 4.74 Å². The number of benzene rings is 1. The van der Waals surface area contributed by atoms with Gasteiger partial charge >= 0.3 is 0 Å². The summed E-state index contributed by atoms with van der Waals surface area (Å²) < 4.78 is 7.02. The molecule has 2 aromatic rings. The molecule has 0 radical (unpaired) electrons. The van der Waals surface area contributed by atoms with Crippen molar-refractivity contribution in [1.29, 1.82) is 0 Å². The largest absolute Gasteiger partial charge is 0.497 e. The lowest BCUT2D eigenvalue weighted by Gasteiger charge is -2.30. The van der Waals surface area contributed by atoms with Gasteiger partial charge in [0.25, 0.3) is 0 Å². The SMILES string of the molecule is COc1cccc(-n2cc(CN(C)C(=O)CN3CCCC(O)C3)cn2)c1. The lowest BCUT2D eigenvalue weighted by molar-refractivity contribution is -0.132. The van der Waals surface area contributed by atoms with Gasteiger partial charge in [-0.2, -0.15) is 5.10 Å². The van der Waals surface area contributed by atoms with E-state index < -0.39 is 0 Å². The molecule has 0 saturated carbocycles. The molecular formula is C19H26N4O3. The van der Waals surface area contributed by atoms with E-state index in [1.165, 1.54) is 0 Å². The minimum atomic E-state index is -0.317. The predicted molar refractivity (Wildman–Crippen MR) is 98.3 cm³/mol. The van der Waals surface area contributed by atoms with Crippen molar-refractivity contribution in [2.24, 2.45) is 0 Å². The zero-order chi connectivity index (χ0) is 18.5. The minimum Gasteiger partial charge on any atom is -0.497 e. The molecule has 7 nitrogen and oxygen atoms in total. The van der Waals surface area contributed by atoms with Crippen LogP contribution in [0.2, 0.25) is 0 Å². The Morgan fingerprint density at radius 2 is 2.31 bits per heavy atom. The summed E-state index contributed by atoms with van der Waals surface area (Å²) in [6.45, 7) is 2.29. The van der Waals surface area contributed by atoms with E-state index in [2.05, 4.69) is 5.10 Å². The van der Waals surface area contributed by atoms with Gasteiger partial charge in [-0.3, -0.25) is 9.69 Å². The summed E-state index contributed by atoms with van der Waals surface area (Å²) in [6.07, 6.45) is 5.13. The maximum absolute atomic E-state index is 12.4. The number of likely N-dealkylation sites (N-methyl/N-ethyl adjacent to an activating group) is 1. The summed E-state index contributed by atoms with van der Waals surface area (Å²) in [7, 11) is 3.43. The highest BCUT2D eigenvalue weighted by Gasteiger charge is 2.21. The zero-order valence-corrected chi connectivity index (χ0v) is 15.3. The molecule has 0 spiro atoms. The van der Waals surface area contributed by atoms with Gasteiger partial charge in [-0.15, -0.1) is 0 Å². The maximum Gasteiger partial charge on any atom is 0.236 e. The molecule has 1 saturated heterocycles. The Kier molecular flexibility index (Phi) is 5.90. The first-order valence-corrected chi connectivity index (χ1v) is 8.87. The lowest BCUT2D eigenvalue weighted by atomic mass is 10.1. The number of ether oxygens (including phenoxy) is 1. The number of aliphatic hydroxyl groups excluding tert-OH is 1. The van der Waals surface area contributed by atoms with Crippen molar-refractivity contribution in [3.8, 4) is 11.4 Å². The van der Waals surface area contributed by atoms with Crippen LogP contribution in [-0.2, 0) is 11.3 Å². The molecule has 1 fully saturated rings. The van der Waals surface area contributed by atoms with Crippen LogP contribution < -0.4 is 4.74 Å². The Hall–Kier alpha value is -2.38. The van der Waals surface area contributed by atoms with Crippen molar-refractivity contribution in [1.82, 2.24) is 19.6 Å². The number of likely N-dealkylation sites (tertiary alicyclic amines) is 1. The number of carbonyl (C=O) groups excluding carboxylic acids is 1. The Balaban J connectivity index is 1.58. The van der Waals surface area contributed by atoms with Crippen LogP contribution in [0.3, 0.4) is 0 Å². The van der Waals surface area contributed by atoms with Crippen LogP contribution in [0.25, 0.3) is 5.69 Å². The molecule has 2 heterocycles. The van der Waals surface area contributed by atoms with Crippen LogP contribution >= 0.6 is 0 Å². The molecular weight excluding hydrogens is 332 g/mol. The van der Waals surface area contributed by atoms with Crippen LogP contribution in [0.1, 0.15) is 18.4 Å². The van der Waals surface area contributed by atoms with Gasteiger partial charge in [0, 0.05) is 38.0 Å². The van der Waals surface area contributed by atoms with Crippen LogP contribution in [0.15, 0.2) is 36.7 Å². The Bertz CT molecular complexity index is 746. The third kappa shape index (κ3) is 4.62. The summed E-state index contributed by atoms with van der Waals surface area (Å²) in [5.41, 5.74) is 1.87. The third-order valence-electron chi connectivity index (χ3n) is 4.64. The van der Waals surface area contributed by atoms with Crippen LogP contribution in [-0.4, -0.2) is 70.5 Å². The number of methoxy groups -OCH3 is 1. The molecule has 1 aliphatic heterocycles. The molecule has 0 aliphatic carbocycles. The van der Waals surface area contributed by atoms with Gasteiger partial charge in [-0.25, -0.2) is 4.68 Å². The van der Waals surface area contributed by atoms with E-state index in [0.29, 0.717) is 19.6 Å². The van der Waals surface area contributed by atoms with Gasteiger partial charge in [0.2, 0.25) is 5.91 Å². The normalized spacial score (nSPS) is 17.9. The Morgan fingerprint density at radius 3 is 3.08 bits per heavy atom. The number of hydrogen-bond acceptors (Lipinski definition) is 5. The fourth-order valence-corrected chi connectivity index (χ4v) is 3.18. The third-order valence-corrected chi connectivity index (χ3v) is 4.64. The van der Waals surface area contributed by atoms with Crippen LogP contribution in [0.4, 0.5) is 0 Å². The number of amides is 1. The van der Waals surface area contributed by atoms with Crippen molar-refractivity contribution >= 4 is 5.91 Å². The molecule has 7 heteroatoms. The molecule has 1 aromatic carbocycles. The second kappa shape index (κ2) is 8.33. The summed E-state index contributed by atoms with van der Waals surface area (Å²) >= 11 is 0. The molecule has 0 bridgehead atoms. The monoisotopic (exact) mass is 358 g/mol. The molecule has 140 valence electrons. The second-order valence-corrected chi connectivity index (χ2v) is 6.78. The molecule has 26 heavy (non-hydrogen) atoms. The molecule has 1 N–H and O–H groups in total. The van der Waals surface area contributed by atoms with E-state index >= 15 is 0 Å². The summed E-state index contributed by atoms with van der Waals surface area (Å²) in [4.78, 5) is 16.2. The number of β-amino-alcohol motifs (C(OH)–C–C–N with tert-alkyl or cyclic N) is 1. The summed E-state index contributed by atoms with van der Waals surface area (Å²) in [6, 6.07) is 7.67. The molecule has 3 rings (SSSR count). The number of piperidine rings is 1. The van der Waals surface area contributed by atoms with Gasteiger partial charge in [-0.05, 0) is 31.5 Å². The predicted octanol–water partition coefficient (Wildman–Crippen LogP) is 1.30. The van der Waals surface area contributed by atoms with Crippen molar-refractivity contribution in [3.63, 3.8) is 0 Å². The smallest absolute Gasteiger partial charge is 0.236 e. The highest BCUT2D eigenvalue weighted by molar-refractivity contribution is 5.78. The average Bonchev–Trinajstić information content (AvgIpc) is 3.10. The number of hydrogen-bond donors (Lipinski definition) is 1. The van der Waals surface area contributed by atoms with Gasteiger partial charge in [-0.1, -0.05) is 6.07 Å². The average molecular weight is 358 g/mol. The van der Waals surface area contributed by atoms with Crippen LogP contribution in [0.5, 0.6) is 5.75 Å². The first-order chi connectivity index (χ1) is 12.5. The van der Waals surface area contributed by atoms with Crippen molar-refractivity contribution in [2.75, 3.05) is 33.8 Å². The van der Waals surface area contributed by atoms with Gasteiger partial charge in [0.05, 0.1) is 31.6 Å². The second-order valence-electron chi connectivity index (χ2n) is 6.78. The van der Waals surface area contributed by atoms with E-state index in [9.17, 15) is 9.90 Å². The van der Waals surface area contributed by atoms with E-state index in [1.54, 1.807) is 29.9 Å². The standard InChI is InChI=1S/C19H26N4O3/c1-21(19(25)14-22-8-4-6-17(24)13-22)11-15-10-20-23(12-15)16-5-3-7-18(9-16)26-2/h3,5,7,9-10,12,17,24H,4,6,8,11,13-14H2,1-2H3. The number of carbonyl (C=O) groups is 1. The topological polar surface area (TPSA) is 70.8 Å². The minimum absolute atomic E-state index is 0.0493. The first-order valence-electron chi connectivity index (χ1n) is 8.87. The number of aliphatic hydroxyl groups is 1. The summed E-state index contributed by atoms with van der Waals surface area (Å²) in [5.74, 6) is 0.823. The zero-order valence-electron chi connectivity index (χ0n) is 15.3. The van der Waals surface area contributed by atoms with E-state index in [0.717, 1.165) is 36.4 Å². The number of nitrogens with zero attached hydrogens (tertiary/aromatic N) is 4. The van der Waals surface area contributed by atoms with E-state index in [-0.39, 0.29) is 12.0 Å². The van der Waals surface area contributed by atoms with Gasteiger partial charge in [0.1, 0.15) is 5.75 Å². The highest BCUT2D eigenvalue weighted by Crippen LogP contribution is 2.17. The van der Waals surface area contributed by atoms with Crippen molar-refractivity contribution < 1.29 is 14.6 Å². The van der Waals surface area contributed by atoms with Gasteiger partial charge < -0.3 is 14.7 Å².